The van der Waals surface area contributed by atoms with Gasteiger partial charge in [-0.3, -0.25) is 14.0 Å². The number of anilines is 1. The average Bonchev–Trinajstić information content (AvgIpc) is 3.08. The molecule has 0 aliphatic carbocycles. The lowest BCUT2D eigenvalue weighted by atomic mass is 10.1. The maximum absolute atomic E-state index is 13.3. The van der Waals surface area contributed by atoms with E-state index in [0.717, 1.165) is 33.3 Å². The van der Waals surface area contributed by atoms with Crippen LogP contribution in [-0.2, 0) is 4.79 Å². The van der Waals surface area contributed by atoms with Gasteiger partial charge in [-0.2, -0.15) is 5.10 Å². The molecule has 6 heteroatoms. The maximum Gasteiger partial charge on any atom is 0.291 e. The molecule has 0 fully saturated rings. The van der Waals surface area contributed by atoms with Crippen molar-refractivity contribution in [1.29, 1.82) is 0 Å². The lowest BCUT2D eigenvalue weighted by molar-refractivity contribution is -0.119. The zero-order valence-electron chi connectivity index (χ0n) is 18.0. The van der Waals surface area contributed by atoms with Crippen LogP contribution < -0.4 is 10.9 Å². The minimum absolute atomic E-state index is 0.239. The van der Waals surface area contributed by atoms with Gasteiger partial charge in [0.05, 0.1) is 5.52 Å². The highest BCUT2D eigenvalue weighted by Gasteiger charge is 2.24. The van der Waals surface area contributed by atoms with Gasteiger partial charge in [-0.15, -0.1) is 0 Å². The number of benzene rings is 2. The molecule has 0 radical (unpaired) electrons. The van der Waals surface area contributed by atoms with E-state index in [1.54, 1.807) is 0 Å². The summed E-state index contributed by atoms with van der Waals surface area (Å²) in [6.45, 7) is 9.70. The highest BCUT2D eigenvalue weighted by molar-refractivity contribution is 5.94. The number of nitrogens with zero attached hydrogens (tertiary/aromatic N) is 3. The normalized spacial score (nSPS) is 12.4. The van der Waals surface area contributed by atoms with Crippen LogP contribution in [0.3, 0.4) is 0 Å². The van der Waals surface area contributed by atoms with Crippen molar-refractivity contribution in [1.82, 2.24) is 14.2 Å². The summed E-state index contributed by atoms with van der Waals surface area (Å²) in [5.74, 6) is 0.429. The molecule has 2 heterocycles. The first-order chi connectivity index (χ1) is 14.3. The van der Waals surface area contributed by atoms with Crippen molar-refractivity contribution < 1.29 is 4.79 Å². The molecule has 0 aliphatic heterocycles. The van der Waals surface area contributed by atoms with E-state index in [-0.39, 0.29) is 11.5 Å². The second-order valence-electron chi connectivity index (χ2n) is 7.96. The van der Waals surface area contributed by atoms with Crippen LogP contribution in [0.4, 0.5) is 5.69 Å². The minimum atomic E-state index is -0.694. The van der Waals surface area contributed by atoms with Gasteiger partial charge in [0, 0.05) is 11.1 Å². The SMILES string of the molecule is CCC(C(=O)Nc1cc(C)ccc1C)n1nc(C)n2c(cc3cc(C)ccc32)c1=O. The Morgan fingerprint density at radius 3 is 2.43 bits per heavy atom. The first kappa shape index (κ1) is 19.9. The fourth-order valence-electron chi connectivity index (χ4n) is 3.97. The van der Waals surface area contributed by atoms with Crippen molar-refractivity contribution in [2.24, 2.45) is 0 Å². The molecular weight excluding hydrogens is 376 g/mol. The van der Waals surface area contributed by atoms with Crippen LogP contribution in [-0.4, -0.2) is 20.1 Å². The van der Waals surface area contributed by atoms with Gasteiger partial charge in [0.15, 0.2) is 0 Å². The lowest BCUT2D eigenvalue weighted by Gasteiger charge is -2.19. The van der Waals surface area contributed by atoms with E-state index in [0.29, 0.717) is 17.8 Å². The number of carbonyl (C=O) groups excluding carboxylic acids is 1. The number of fused-ring (bicyclic) bond motifs is 3. The molecule has 1 N–H and O–H groups in total. The fraction of sp³-hybridized carbons (Fsp3) is 0.292. The summed E-state index contributed by atoms with van der Waals surface area (Å²) in [4.78, 5) is 26.4. The number of amides is 1. The Balaban J connectivity index is 1.81. The van der Waals surface area contributed by atoms with Crippen LogP contribution >= 0.6 is 0 Å². The highest BCUT2D eigenvalue weighted by Crippen LogP contribution is 2.22. The first-order valence-corrected chi connectivity index (χ1v) is 10.2. The Morgan fingerprint density at radius 1 is 1.00 bits per heavy atom. The number of hydrogen-bond donors (Lipinski definition) is 1. The largest absolute Gasteiger partial charge is 0.324 e. The van der Waals surface area contributed by atoms with Crippen LogP contribution in [0.1, 0.15) is 41.9 Å². The van der Waals surface area contributed by atoms with Crippen LogP contribution in [0.2, 0.25) is 0 Å². The first-order valence-electron chi connectivity index (χ1n) is 10.2. The Hall–Kier alpha value is -3.41. The maximum atomic E-state index is 13.3. The molecule has 0 aliphatic rings. The molecular formula is C24H26N4O2. The number of nitrogens with one attached hydrogen (secondary N) is 1. The molecule has 4 rings (SSSR count). The summed E-state index contributed by atoms with van der Waals surface area (Å²) < 4.78 is 3.19. The summed E-state index contributed by atoms with van der Waals surface area (Å²) >= 11 is 0. The third-order valence-corrected chi connectivity index (χ3v) is 5.60. The predicted octanol–water partition coefficient (Wildman–Crippen LogP) is 4.47. The van der Waals surface area contributed by atoms with E-state index in [1.165, 1.54) is 4.68 Å². The molecule has 1 unspecified atom stereocenters. The third-order valence-electron chi connectivity index (χ3n) is 5.60. The van der Waals surface area contributed by atoms with Gasteiger partial charge in [-0.05, 0) is 69.5 Å². The molecule has 0 saturated carbocycles. The van der Waals surface area contributed by atoms with Crippen LogP contribution in [0, 0.1) is 27.7 Å². The van der Waals surface area contributed by atoms with Gasteiger partial charge in [0.2, 0.25) is 5.91 Å². The van der Waals surface area contributed by atoms with Crippen molar-refractivity contribution in [2.45, 2.75) is 47.1 Å². The summed E-state index contributed by atoms with van der Waals surface area (Å²) in [7, 11) is 0. The number of aryl methyl sites for hydroxylation is 4. The molecule has 0 spiro atoms. The van der Waals surface area contributed by atoms with E-state index in [2.05, 4.69) is 16.5 Å². The molecule has 154 valence electrons. The number of rotatable bonds is 4. The molecule has 4 aromatic rings. The zero-order chi connectivity index (χ0) is 21.6. The van der Waals surface area contributed by atoms with E-state index in [1.807, 2.05) is 75.4 Å². The van der Waals surface area contributed by atoms with E-state index < -0.39 is 6.04 Å². The van der Waals surface area contributed by atoms with Crippen LogP contribution in [0.5, 0.6) is 0 Å². The number of carbonyl (C=O) groups is 1. The second-order valence-corrected chi connectivity index (χ2v) is 7.96. The van der Waals surface area contributed by atoms with Crippen molar-refractivity contribution >= 4 is 28.0 Å². The quantitative estimate of drug-likeness (QED) is 0.547. The minimum Gasteiger partial charge on any atom is -0.324 e. The van der Waals surface area contributed by atoms with Gasteiger partial charge in [0.25, 0.3) is 5.56 Å². The highest BCUT2D eigenvalue weighted by atomic mass is 16.2. The van der Waals surface area contributed by atoms with E-state index >= 15 is 0 Å². The van der Waals surface area contributed by atoms with Crippen molar-refractivity contribution in [3.05, 3.63) is 75.3 Å². The molecule has 1 amide bonds. The Morgan fingerprint density at radius 2 is 1.70 bits per heavy atom. The van der Waals surface area contributed by atoms with Crippen LogP contribution in [0.25, 0.3) is 16.4 Å². The van der Waals surface area contributed by atoms with Gasteiger partial charge >= 0.3 is 0 Å². The Bertz CT molecular complexity index is 1350. The summed E-state index contributed by atoms with van der Waals surface area (Å²) in [6, 6.07) is 13.2. The van der Waals surface area contributed by atoms with Gasteiger partial charge in [0.1, 0.15) is 17.4 Å². The third kappa shape index (κ3) is 3.28. The monoisotopic (exact) mass is 402 g/mol. The molecule has 6 nitrogen and oxygen atoms in total. The van der Waals surface area contributed by atoms with Crippen molar-refractivity contribution in [2.75, 3.05) is 5.32 Å². The molecule has 0 bridgehead atoms. The molecule has 0 saturated heterocycles. The van der Waals surface area contributed by atoms with Crippen molar-refractivity contribution in [3.63, 3.8) is 0 Å². The van der Waals surface area contributed by atoms with Crippen LogP contribution in [0.15, 0.2) is 47.3 Å². The van der Waals surface area contributed by atoms with Gasteiger partial charge in [-0.25, -0.2) is 4.68 Å². The number of aromatic nitrogens is 3. The van der Waals surface area contributed by atoms with E-state index in [9.17, 15) is 9.59 Å². The molecule has 2 aromatic carbocycles. The topological polar surface area (TPSA) is 68.4 Å². The molecule has 1 atom stereocenters. The van der Waals surface area contributed by atoms with Crippen molar-refractivity contribution in [3.8, 4) is 0 Å². The van der Waals surface area contributed by atoms with Gasteiger partial charge in [-0.1, -0.05) is 30.7 Å². The summed E-state index contributed by atoms with van der Waals surface area (Å²) in [6.07, 6.45) is 0.457. The zero-order valence-corrected chi connectivity index (χ0v) is 18.0. The standard InChI is InChI=1S/C24H26N4O2/c1-6-20(23(29)25-19-12-15(3)7-9-16(19)4)28-24(30)22-13-18-11-14(2)8-10-21(18)27(22)17(5)26-28/h7-13,20H,6H2,1-5H3,(H,25,29). The Labute approximate surface area is 175 Å². The van der Waals surface area contributed by atoms with E-state index in [4.69, 9.17) is 0 Å². The molecule has 2 aromatic heterocycles. The lowest BCUT2D eigenvalue weighted by Crippen LogP contribution is -2.36. The second kappa shape index (κ2) is 7.44. The average molecular weight is 402 g/mol. The summed E-state index contributed by atoms with van der Waals surface area (Å²) in [5.41, 5.74) is 5.13. The molecule has 30 heavy (non-hydrogen) atoms. The Kier molecular flexibility index (Phi) is 4.94. The predicted molar refractivity (Wildman–Crippen MR) is 120 cm³/mol. The fourth-order valence-corrected chi connectivity index (χ4v) is 3.97. The number of hydrogen-bond acceptors (Lipinski definition) is 3. The smallest absolute Gasteiger partial charge is 0.291 e. The summed E-state index contributed by atoms with van der Waals surface area (Å²) in [5, 5.41) is 8.50. The van der Waals surface area contributed by atoms with Gasteiger partial charge < -0.3 is 5.32 Å².